The highest BCUT2D eigenvalue weighted by Crippen LogP contribution is 2.21. The number of hydrogen-bond donors (Lipinski definition) is 1. The van der Waals surface area contributed by atoms with E-state index in [1.807, 2.05) is 0 Å². The Kier molecular flexibility index (Phi) is 5.25. The molecule has 102 valence electrons. The van der Waals surface area contributed by atoms with Crippen molar-refractivity contribution in [1.82, 2.24) is 4.90 Å². The average molecular weight is 257 g/mol. The molecule has 0 aromatic carbocycles. The molecule has 0 fully saturated rings. The van der Waals surface area contributed by atoms with Crippen molar-refractivity contribution in [2.45, 2.75) is 45.6 Å². The van der Waals surface area contributed by atoms with Crippen LogP contribution in [0.5, 0.6) is 0 Å². The summed E-state index contributed by atoms with van der Waals surface area (Å²) in [6, 6.07) is 0. The van der Waals surface area contributed by atoms with Crippen LogP contribution in [0.3, 0.4) is 0 Å². The molecular formula is C10H18F3NO3. The smallest absolute Gasteiger partial charge is 0.416 e. The van der Waals surface area contributed by atoms with Crippen molar-refractivity contribution in [3.05, 3.63) is 0 Å². The summed E-state index contributed by atoms with van der Waals surface area (Å²) in [5.74, 6) is 0. The Labute approximate surface area is 98.3 Å². The molecule has 7 heteroatoms. The highest BCUT2D eigenvalue weighted by Gasteiger charge is 2.40. The van der Waals surface area contributed by atoms with Crippen LogP contribution in [0.4, 0.5) is 18.0 Å². The molecule has 1 atom stereocenters. The fraction of sp³-hybridized carbons (Fsp3) is 0.900. The molecule has 1 amide bonds. The lowest BCUT2D eigenvalue weighted by molar-refractivity contribution is -0.207. The van der Waals surface area contributed by atoms with Gasteiger partial charge in [0.05, 0.1) is 6.54 Å². The molecule has 0 spiro atoms. The van der Waals surface area contributed by atoms with E-state index in [0.717, 1.165) is 4.90 Å². The van der Waals surface area contributed by atoms with Crippen LogP contribution in [0.1, 0.15) is 27.7 Å². The molecule has 0 heterocycles. The van der Waals surface area contributed by atoms with Gasteiger partial charge in [-0.2, -0.15) is 13.2 Å². The molecule has 4 nitrogen and oxygen atoms in total. The van der Waals surface area contributed by atoms with Crippen LogP contribution in [0.25, 0.3) is 0 Å². The summed E-state index contributed by atoms with van der Waals surface area (Å²) in [5.41, 5.74) is -0.784. The van der Waals surface area contributed by atoms with E-state index in [0.29, 0.717) is 0 Å². The number of aliphatic hydroxyl groups excluding tert-OH is 1. The average Bonchev–Trinajstić information content (AvgIpc) is 2.08. The number of hydrogen-bond acceptors (Lipinski definition) is 3. The summed E-state index contributed by atoms with van der Waals surface area (Å²) in [5, 5.41) is 8.86. The number of aliphatic hydroxyl groups is 1. The summed E-state index contributed by atoms with van der Waals surface area (Å²) in [6.45, 7) is 5.54. The van der Waals surface area contributed by atoms with E-state index in [1.54, 1.807) is 20.8 Å². The number of ether oxygens (including phenoxy) is 1. The molecule has 0 saturated heterocycles. The standard InChI is InChI=1S/C10H18F3NO3/c1-5-14(6-7(15)10(11,12)13)8(16)17-9(2,3)4/h7,15H,5-6H2,1-4H3/t7-/m0/s1. The lowest BCUT2D eigenvalue weighted by Gasteiger charge is -2.28. The van der Waals surface area contributed by atoms with E-state index >= 15 is 0 Å². The van der Waals surface area contributed by atoms with Crippen LogP contribution in [0.15, 0.2) is 0 Å². The molecule has 0 unspecified atom stereocenters. The Morgan fingerprint density at radius 3 is 2.12 bits per heavy atom. The third-order valence-corrected chi connectivity index (χ3v) is 1.80. The maximum atomic E-state index is 12.1. The minimum absolute atomic E-state index is 0.0298. The van der Waals surface area contributed by atoms with Crippen molar-refractivity contribution in [1.29, 1.82) is 0 Å². The van der Waals surface area contributed by atoms with Crippen molar-refractivity contribution in [3.63, 3.8) is 0 Å². The summed E-state index contributed by atoms with van der Waals surface area (Å²) >= 11 is 0. The molecule has 0 aliphatic heterocycles. The number of likely N-dealkylation sites (N-methyl/N-ethyl adjacent to an activating group) is 1. The van der Waals surface area contributed by atoms with Gasteiger partial charge in [-0.05, 0) is 27.7 Å². The Morgan fingerprint density at radius 1 is 1.35 bits per heavy atom. The van der Waals surface area contributed by atoms with Gasteiger partial charge in [0.25, 0.3) is 0 Å². The maximum Gasteiger partial charge on any atom is 0.416 e. The number of carbonyl (C=O) groups excluding carboxylic acids is 1. The van der Waals surface area contributed by atoms with E-state index in [1.165, 1.54) is 6.92 Å². The number of halogens is 3. The van der Waals surface area contributed by atoms with Crippen LogP contribution in [0.2, 0.25) is 0 Å². The predicted octanol–water partition coefficient (Wildman–Crippen LogP) is 2.17. The minimum atomic E-state index is -4.74. The Balaban J connectivity index is 4.49. The zero-order valence-corrected chi connectivity index (χ0v) is 10.3. The molecular weight excluding hydrogens is 239 g/mol. The van der Waals surface area contributed by atoms with Gasteiger partial charge in [-0.3, -0.25) is 0 Å². The monoisotopic (exact) mass is 257 g/mol. The van der Waals surface area contributed by atoms with E-state index < -0.39 is 30.5 Å². The molecule has 0 aliphatic carbocycles. The van der Waals surface area contributed by atoms with Crippen molar-refractivity contribution >= 4 is 6.09 Å². The Morgan fingerprint density at radius 2 is 1.82 bits per heavy atom. The fourth-order valence-electron chi connectivity index (χ4n) is 0.971. The number of carbonyl (C=O) groups is 1. The number of alkyl halides is 3. The Bertz CT molecular complexity index is 261. The zero-order chi connectivity index (χ0) is 13.9. The fourth-order valence-corrected chi connectivity index (χ4v) is 0.971. The quantitative estimate of drug-likeness (QED) is 0.843. The van der Waals surface area contributed by atoms with E-state index in [9.17, 15) is 18.0 Å². The van der Waals surface area contributed by atoms with E-state index in [4.69, 9.17) is 9.84 Å². The summed E-state index contributed by atoms with van der Waals surface area (Å²) in [4.78, 5) is 12.3. The van der Waals surface area contributed by atoms with E-state index in [2.05, 4.69) is 0 Å². The van der Waals surface area contributed by atoms with Crippen LogP contribution in [0, 0.1) is 0 Å². The minimum Gasteiger partial charge on any atom is -0.444 e. The van der Waals surface area contributed by atoms with Crippen LogP contribution in [-0.2, 0) is 4.74 Å². The lowest BCUT2D eigenvalue weighted by atomic mass is 10.2. The van der Waals surface area contributed by atoms with Crippen molar-refractivity contribution in [2.75, 3.05) is 13.1 Å². The van der Waals surface area contributed by atoms with Crippen LogP contribution < -0.4 is 0 Å². The van der Waals surface area contributed by atoms with Gasteiger partial charge >= 0.3 is 12.3 Å². The number of rotatable bonds is 3. The van der Waals surface area contributed by atoms with Crippen molar-refractivity contribution in [2.24, 2.45) is 0 Å². The molecule has 0 radical (unpaired) electrons. The third-order valence-electron chi connectivity index (χ3n) is 1.80. The highest BCUT2D eigenvalue weighted by molar-refractivity contribution is 5.68. The normalized spacial score (nSPS) is 14.4. The van der Waals surface area contributed by atoms with Gasteiger partial charge in [0.15, 0.2) is 6.10 Å². The maximum absolute atomic E-state index is 12.1. The van der Waals surface area contributed by atoms with E-state index in [-0.39, 0.29) is 6.54 Å². The van der Waals surface area contributed by atoms with Gasteiger partial charge in [0.1, 0.15) is 5.60 Å². The zero-order valence-electron chi connectivity index (χ0n) is 10.3. The summed E-state index contributed by atoms with van der Waals surface area (Å²) in [7, 11) is 0. The predicted molar refractivity (Wildman–Crippen MR) is 55.5 cm³/mol. The first kappa shape index (κ1) is 16.0. The molecule has 0 rings (SSSR count). The van der Waals surface area contributed by atoms with Gasteiger partial charge in [0.2, 0.25) is 0 Å². The van der Waals surface area contributed by atoms with Gasteiger partial charge < -0.3 is 14.7 Å². The second-order valence-corrected chi connectivity index (χ2v) is 4.58. The van der Waals surface area contributed by atoms with Crippen molar-refractivity contribution < 1.29 is 27.8 Å². The molecule has 1 N–H and O–H groups in total. The molecule has 0 aromatic rings. The summed E-state index contributed by atoms with van der Waals surface area (Å²) < 4.78 is 41.3. The topological polar surface area (TPSA) is 49.8 Å². The van der Waals surface area contributed by atoms with Gasteiger partial charge in [0, 0.05) is 6.54 Å². The number of amides is 1. The van der Waals surface area contributed by atoms with Crippen molar-refractivity contribution in [3.8, 4) is 0 Å². The first-order chi connectivity index (χ1) is 7.47. The highest BCUT2D eigenvalue weighted by atomic mass is 19.4. The second kappa shape index (κ2) is 5.57. The molecule has 0 bridgehead atoms. The number of nitrogens with zero attached hydrogens (tertiary/aromatic N) is 1. The molecule has 0 aliphatic rings. The third kappa shape index (κ3) is 6.35. The Hall–Kier alpha value is -0.980. The first-order valence-electron chi connectivity index (χ1n) is 5.20. The second-order valence-electron chi connectivity index (χ2n) is 4.58. The van der Waals surface area contributed by atoms with Crippen LogP contribution in [-0.4, -0.2) is 47.1 Å². The largest absolute Gasteiger partial charge is 0.444 e. The molecule has 17 heavy (non-hydrogen) atoms. The first-order valence-corrected chi connectivity index (χ1v) is 5.20. The summed E-state index contributed by atoms with van der Waals surface area (Å²) in [6.07, 6.45) is -8.17. The SMILES string of the molecule is CCN(C[C@H](O)C(F)(F)F)C(=O)OC(C)(C)C. The molecule has 0 aromatic heterocycles. The lowest BCUT2D eigenvalue weighted by Crippen LogP contribution is -2.45. The van der Waals surface area contributed by atoms with Gasteiger partial charge in [-0.15, -0.1) is 0 Å². The molecule has 0 saturated carbocycles. The van der Waals surface area contributed by atoms with Crippen LogP contribution >= 0.6 is 0 Å². The van der Waals surface area contributed by atoms with Gasteiger partial charge in [-0.1, -0.05) is 0 Å². The van der Waals surface area contributed by atoms with Gasteiger partial charge in [-0.25, -0.2) is 4.79 Å².